The lowest BCUT2D eigenvalue weighted by molar-refractivity contribution is -0.134. The van der Waals surface area contributed by atoms with Crippen molar-refractivity contribution in [3.8, 4) is 0 Å². The van der Waals surface area contributed by atoms with E-state index in [1.807, 2.05) is 12.1 Å². The highest BCUT2D eigenvalue weighted by Gasteiger charge is 2.50. The van der Waals surface area contributed by atoms with Crippen LogP contribution in [0.5, 0.6) is 0 Å². The molecule has 0 bridgehead atoms. The largest absolute Gasteiger partial charge is 0.610 e. The SMILES string of the molecule is O=C(O)C1=C[S+]([O-])[C@@H]2/C(=C\c3cc4oc5c(n4n3)CCOC5)CN12. The van der Waals surface area contributed by atoms with E-state index < -0.39 is 17.1 Å². The maximum absolute atomic E-state index is 12.1. The average Bonchev–Trinajstić information content (AvgIpc) is 3.13. The third-order valence-corrected chi connectivity index (χ3v) is 5.93. The summed E-state index contributed by atoms with van der Waals surface area (Å²) in [6, 6.07) is 1.83. The van der Waals surface area contributed by atoms with Gasteiger partial charge in [-0.2, -0.15) is 5.10 Å². The van der Waals surface area contributed by atoms with Crippen LogP contribution in [-0.2, 0) is 33.7 Å². The fourth-order valence-corrected chi connectivity index (χ4v) is 4.83. The minimum absolute atomic E-state index is 0.114. The van der Waals surface area contributed by atoms with Crippen LogP contribution in [0.2, 0.25) is 0 Å². The summed E-state index contributed by atoms with van der Waals surface area (Å²) >= 11 is -1.34. The van der Waals surface area contributed by atoms with Gasteiger partial charge in [0.05, 0.1) is 24.5 Å². The molecule has 0 saturated carbocycles. The van der Waals surface area contributed by atoms with E-state index in [2.05, 4.69) is 5.10 Å². The number of rotatable bonds is 2. The number of ether oxygens (including phenoxy) is 1. The molecule has 5 heterocycles. The van der Waals surface area contributed by atoms with Gasteiger partial charge in [0.2, 0.25) is 11.1 Å². The summed E-state index contributed by atoms with van der Waals surface area (Å²) in [5.74, 6) is -0.233. The highest BCUT2D eigenvalue weighted by Crippen LogP contribution is 2.40. The standard InChI is InChI=1S/C15H13N3O5S/c19-15(20)11-7-24(21)14-8(5-17(11)14)3-9-4-13-18(16-9)10-1-2-22-6-12(10)23-13/h3-4,7,14H,1-2,5-6H2,(H,19,20)/b8-3-/t14-,24?/m1/s1. The molecule has 0 radical (unpaired) electrons. The van der Waals surface area contributed by atoms with Crippen molar-refractivity contribution in [1.29, 1.82) is 0 Å². The predicted molar refractivity (Wildman–Crippen MR) is 83.2 cm³/mol. The van der Waals surface area contributed by atoms with Crippen molar-refractivity contribution in [3.63, 3.8) is 0 Å². The number of fused-ring (bicyclic) bond motifs is 4. The van der Waals surface area contributed by atoms with Crippen LogP contribution in [0.4, 0.5) is 0 Å². The first-order valence-corrected chi connectivity index (χ1v) is 8.79. The first kappa shape index (κ1) is 14.1. The second kappa shape index (κ2) is 4.88. The van der Waals surface area contributed by atoms with Crippen LogP contribution >= 0.6 is 0 Å². The minimum Gasteiger partial charge on any atom is -0.610 e. The van der Waals surface area contributed by atoms with Gasteiger partial charge in [-0.15, -0.1) is 0 Å². The van der Waals surface area contributed by atoms with Crippen LogP contribution < -0.4 is 0 Å². The zero-order chi connectivity index (χ0) is 16.4. The van der Waals surface area contributed by atoms with E-state index in [0.717, 1.165) is 29.1 Å². The molecule has 124 valence electrons. The number of carboxylic acids is 1. The normalized spacial score (nSPS) is 27.1. The van der Waals surface area contributed by atoms with Gasteiger partial charge in [0, 0.05) is 29.2 Å². The van der Waals surface area contributed by atoms with Crippen LogP contribution in [0.3, 0.4) is 0 Å². The van der Waals surface area contributed by atoms with E-state index in [0.29, 0.717) is 25.5 Å². The molecule has 0 aromatic carbocycles. The molecule has 1 saturated heterocycles. The first-order valence-electron chi connectivity index (χ1n) is 7.51. The molecule has 0 spiro atoms. The smallest absolute Gasteiger partial charge is 0.356 e. The molecule has 2 aromatic heterocycles. The summed E-state index contributed by atoms with van der Waals surface area (Å²) in [4.78, 5) is 12.8. The van der Waals surface area contributed by atoms with Gasteiger partial charge in [-0.05, 0) is 6.08 Å². The minimum atomic E-state index is -1.34. The molecule has 1 N–H and O–H groups in total. The molecule has 0 aliphatic carbocycles. The van der Waals surface area contributed by atoms with Gasteiger partial charge in [-0.25, -0.2) is 9.31 Å². The Morgan fingerprint density at radius 1 is 1.54 bits per heavy atom. The monoisotopic (exact) mass is 347 g/mol. The number of hydrogen-bond donors (Lipinski definition) is 1. The van der Waals surface area contributed by atoms with Gasteiger partial charge in [-0.1, -0.05) is 0 Å². The van der Waals surface area contributed by atoms with Gasteiger partial charge in [0.15, 0.2) is 16.9 Å². The molecule has 2 aromatic rings. The molecular weight excluding hydrogens is 334 g/mol. The molecule has 5 rings (SSSR count). The summed E-state index contributed by atoms with van der Waals surface area (Å²) in [6.45, 7) is 1.58. The topological polar surface area (TPSA) is 103 Å². The molecule has 9 heteroatoms. The van der Waals surface area contributed by atoms with Crippen LogP contribution in [0.1, 0.15) is 17.1 Å². The maximum Gasteiger partial charge on any atom is 0.356 e. The third kappa shape index (κ3) is 1.89. The second-order valence-electron chi connectivity index (χ2n) is 5.93. The number of aliphatic carboxylic acids is 1. The van der Waals surface area contributed by atoms with Crippen molar-refractivity contribution in [2.24, 2.45) is 0 Å². The summed E-state index contributed by atoms with van der Waals surface area (Å²) < 4.78 is 25.0. The van der Waals surface area contributed by atoms with Gasteiger partial charge in [0.25, 0.3) is 0 Å². The lowest BCUT2D eigenvalue weighted by atomic mass is 10.1. The summed E-state index contributed by atoms with van der Waals surface area (Å²) in [5.41, 5.74) is 3.43. The van der Waals surface area contributed by atoms with Crippen molar-refractivity contribution in [1.82, 2.24) is 14.5 Å². The Morgan fingerprint density at radius 2 is 2.42 bits per heavy atom. The summed E-state index contributed by atoms with van der Waals surface area (Å²) in [6.07, 6.45) is 2.62. The molecule has 0 amide bonds. The Balaban J connectivity index is 1.45. The zero-order valence-electron chi connectivity index (χ0n) is 12.5. The Kier molecular flexibility index (Phi) is 2.88. The highest BCUT2D eigenvalue weighted by atomic mass is 32.2. The predicted octanol–water partition coefficient (Wildman–Crippen LogP) is 0.713. The number of aromatic nitrogens is 2. The highest BCUT2D eigenvalue weighted by molar-refractivity contribution is 7.95. The Bertz CT molecular complexity index is 927. The number of carbonyl (C=O) groups is 1. The lowest BCUT2D eigenvalue weighted by Crippen LogP contribution is -2.50. The second-order valence-corrected chi connectivity index (χ2v) is 7.27. The van der Waals surface area contributed by atoms with Gasteiger partial charge >= 0.3 is 5.97 Å². The molecule has 3 aliphatic heterocycles. The molecule has 3 aliphatic rings. The molecule has 1 fully saturated rings. The fraction of sp³-hybridized carbons (Fsp3) is 0.333. The summed E-state index contributed by atoms with van der Waals surface area (Å²) in [7, 11) is 0. The molecule has 8 nitrogen and oxygen atoms in total. The maximum atomic E-state index is 12.1. The van der Waals surface area contributed by atoms with E-state index in [9.17, 15) is 9.35 Å². The van der Waals surface area contributed by atoms with Crippen molar-refractivity contribution in [3.05, 3.63) is 39.9 Å². The summed E-state index contributed by atoms with van der Waals surface area (Å²) in [5, 5.41) is 14.6. The van der Waals surface area contributed by atoms with Gasteiger partial charge in [-0.3, -0.25) is 0 Å². The van der Waals surface area contributed by atoms with E-state index >= 15 is 0 Å². The molecule has 2 atom stereocenters. The quantitative estimate of drug-likeness (QED) is 0.798. The van der Waals surface area contributed by atoms with E-state index in [4.69, 9.17) is 14.3 Å². The van der Waals surface area contributed by atoms with Gasteiger partial charge < -0.3 is 23.7 Å². The zero-order valence-corrected chi connectivity index (χ0v) is 13.3. The Morgan fingerprint density at radius 3 is 3.25 bits per heavy atom. The number of carboxylic acid groups (broad SMARTS) is 1. The van der Waals surface area contributed by atoms with Crippen LogP contribution in [0.25, 0.3) is 11.8 Å². The number of hydrogen-bond acceptors (Lipinski definition) is 6. The lowest BCUT2D eigenvalue weighted by Gasteiger charge is -2.37. The number of nitrogens with zero attached hydrogens (tertiary/aromatic N) is 3. The van der Waals surface area contributed by atoms with Crippen molar-refractivity contribution >= 4 is 28.9 Å². The van der Waals surface area contributed by atoms with Crippen LogP contribution in [0.15, 0.2) is 27.2 Å². The average molecular weight is 347 g/mol. The van der Waals surface area contributed by atoms with Crippen LogP contribution in [-0.4, -0.2) is 48.7 Å². The molecule has 1 unspecified atom stereocenters. The van der Waals surface area contributed by atoms with Gasteiger partial charge in [0.1, 0.15) is 6.61 Å². The van der Waals surface area contributed by atoms with Crippen molar-refractivity contribution < 1.29 is 23.6 Å². The van der Waals surface area contributed by atoms with Crippen molar-refractivity contribution in [2.75, 3.05) is 13.2 Å². The number of oxazole rings is 1. The third-order valence-electron chi connectivity index (χ3n) is 4.48. The fourth-order valence-electron chi connectivity index (χ4n) is 3.37. The Hall–Kier alpha value is -2.23. The first-order chi connectivity index (χ1) is 11.6. The molecular formula is C15H13N3O5S. The Labute approximate surface area is 139 Å². The van der Waals surface area contributed by atoms with E-state index in [1.54, 1.807) is 9.42 Å². The van der Waals surface area contributed by atoms with Crippen LogP contribution in [0, 0.1) is 0 Å². The van der Waals surface area contributed by atoms with Crippen molar-refractivity contribution in [2.45, 2.75) is 18.4 Å². The molecule has 24 heavy (non-hydrogen) atoms. The van der Waals surface area contributed by atoms with E-state index in [-0.39, 0.29) is 11.1 Å². The van der Waals surface area contributed by atoms with E-state index in [1.165, 1.54) is 5.41 Å².